The first kappa shape index (κ1) is 27.4. The van der Waals surface area contributed by atoms with Crippen molar-refractivity contribution >= 4 is 22.9 Å². The maximum Gasteiger partial charge on any atom is 0.337 e. The summed E-state index contributed by atoms with van der Waals surface area (Å²) in [4.78, 5) is 18.4. The van der Waals surface area contributed by atoms with Gasteiger partial charge in [0.05, 0.1) is 31.6 Å². The number of aliphatic hydroxyl groups excluding tert-OH is 4. The average molecular weight is 543 g/mol. The molecule has 0 bridgehead atoms. The Bertz CT molecular complexity index is 1270. The van der Waals surface area contributed by atoms with Gasteiger partial charge in [0.2, 0.25) is 6.29 Å². The molecule has 39 heavy (non-hydrogen) atoms. The number of methoxy groups -OCH3 is 1. The molecular weight excluding hydrogens is 508 g/mol. The van der Waals surface area contributed by atoms with Gasteiger partial charge < -0.3 is 49.3 Å². The summed E-state index contributed by atoms with van der Waals surface area (Å²) in [5.74, 6) is -1.62. The number of para-hydroxylation sites is 1. The minimum Gasteiger partial charge on any atom is -0.471 e. The van der Waals surface area contributed by atoms with Crippen LogP contribution in [0.15, 0.2) is 55.0 Å². The number of ether oxygens (including phenoxy) is 4. The van der Waals surface area contributed by atoms with Crippen molar-refractivity contribution in [3.63, 3.8) is 0 Å². The number of hydrogen-bond donors (Lipinski definition) is 5. The fraction of sp³-hybridized carbons (Fsp3) is 0.464. The van der Waals surface area contributed by atoms with E-state index in [0.717, 1.165) is 22.2 Å². The molecule has 11 nitrogen and oxygen atoms in total. The van der Waals surface area contributed by atoms with Crippen molar-refractivity contribution in [1.29, 1.82) is 0 Å². The lowest BCUT2D eigenvalue weighted by Gasteiger charge is -2.43. The normalized spacial score (nSPS) is 34.3. The predicted octanol–water partition coefficient (Wildman–Crippen LogP) is 1.16. The standard InChI is InChI=1S/C28H34N2O9/c1-4-14-17(11-20-22-16(9-10-30(20)2)15-7-5-6-8-19(15)29-22)18(26(35)36-3)13-37-27(14)39-28-25(34)24(33)23(32)21(12-31)38-28/h4-10,13-14,17,20-21,23-25,27-29,31-34H,1,11-12H2,2-3H3/t14-,17+,20?,21-,23-,24+,25-,27+,28+/m1/s1. The summed E-state index contributed by atoms with van der Waals surface area (Å²) in [7, 11) is 3.26. The molecule has 11 heteroatoms. The number of nitrogens with zero attached hydrogens (tertiary/aromatic N) is 1. The molecule has 3 aliphatic heterocycles. The number of carbonyl (C=O) groups is 1. The lowest BCUT2D eigenvalue weighted by Crippen LogP contribution is -2.60. The molecule has 1 aromatic carbocycles. The number of nitrogens with one attached hydrogen (secondary N) is 1. The van der Waals surface area contributed by atoms with E-state index in [2.05, 4.69) is 28.6 Å². The highest BCUT2D eigenvalue weighted by atomic mass is 16.8. The third-order valence-electron chi connectivity index (χ3n) is 7.87. The second-order valence-corrected chi connectivity index (χ2v) is 10.1. The Hall–Kier alpha value is -3.19. The van der Waals surface area contributed by atoms with E-state index in [1.807, 2.05) is 31.4 Å². The summed E-state index contributed by atoms with van der Waals surface area (Å²) in [6.07, 6.45) is -0.939. The van der Waals surface area contributed by atoms with Gasteiger partial charge in [0, 0.05) is 47.2 Å². The lowest BCUT2D eigenvalue weighted by atomic mass is 9.78. The number of esters is 1. The smallest absolute Gasteiger partial charge is 0.337 e. The van der Waals surface area contributed by atoms with E-state index in [4.69, 9.17) is 18.9 Å². The maximum absolute atomic E-state index is 12.8. The van der Waals surface area contributed by atoms with E-state index >= 15 is 0 Å². The van der Waals surface area contributed by atoms with Gasteiger partial charge in [-0.05, 0) is 18.6 Å². The zero-order valence-corrected chi connectivity index (χ0v) is 21.7. The second-order valence-electron chi connectivity index (χ2n) is 10.1. The van der Waals surface area contributed by atoms with Crippen LogP contribution in [0.2, 0.25) is 0 Å². The highest BCUT2D eigenvalue weighted by Gasteiger charge is 2.48. The van der Waals surface area contributed by atoms with Crippen LogP contribution in [0.5, 0.6) is 0 Å². The second kappa shape index (κ2) is 11.1. The Morgan fingerprint density at radius 3 is 2.67 bits per heavy atom. The largest absolute Gasteiger partial charge is 0.471 e. The first-order valence-electron chi connectivity index (χ1n) is 12.8. The molecule has 5 rings (SSSR count). The number of aliphatic hydroxyl groups is 4. The van der Waals surface area contributed by atoms with Gasteiger partial charge in [0.15, 0.2) is 6.29 Å². The summed E-state index contributed by atoms with van der Waals surface area (Å²) in [6.45, 7) is 3.37. The van der Waals surface area contributed by atoms with Crippen LogP contribution < -0.4 is 0 Å². The molecule has 0 aliphatic carbocycles. The van der Waals surface area contributed by atoms with Crippen molar-refractivity contribution in [2.24, 2.45) is 11.8 Å². The minimum absolute atomic E-state index is 0.149. The van der Waals surface area contributed by atoms with Crippen molar-refractivity contribution in [3.05, 3.63) is 66.2 Å². The fourth-order valence-electron chi connectivity index (χ4n) is 5.68. The Kier molecular flexibility index (Phi) is 7.81. The zero-order valence-electron chi connectivity index (χ0n) is 21.7. The van der Waals surface area contributed by atoms with Gasteiger partial charge in [0.25, 0.3) is 0 Å². The Morgan fingerprint density at radius 1 is 1.18 bits per heavy atom. The van der Waals surface area contributed by atoms with E-state index in [-0.39, 0.29) is 6.04 Å². The van der Waals surface area contributed by atoms with Crippen molar-refractivity contribution in [3.8, 4) is 0 Å². The first-order valence-corrected chi connectivity index (χ1v) is 12.8. The molecular formula is C28H34N2O9. The molecule has 1 fully saturated rings. The maximum atomic E-state index is 12.8. The Balaban J connectivity index is 1.46. The summed E-state index contributed by atoms with van der Waals surface area (Å²) in [5, 5.41) is 41.4. The summed E-state index contributed by atoms with van der Waals surface area (Å²) >= 11 is 0. The van der Waals surface area contributed by atoms with Crippen LogP contribution >= 0.6 is 0 Å². The SMILES string of the molecule is C=C[C@H]1[C@H](O[C@@H]2O[C@H](CO)[C@@H](O)[C@H](O)[C@H]2O)OC=C(C(=O)OC)[C@H]1CC1c2[nH]c3ccccc3c2C=CN1C. The highest BCUT2D eigenvalue weighted by Crippen LogP contribution is 2.44. The van der Waals surface area contributed by atoms with Crippen LogP contribution in [0, 0.1) is 11.8 Å². The molecule has 9 atom stereocenters. The molecule has 4 heterocycles. The van der Waals surface area contributed by atoms with Crippen LogP contribution in [0.3, 0.4) is 0 Å². The van der Waals surface area contributed by atoms with E-state index in [1.165, 1.54) is 13.4 Å². The van der Waals surface area contributed by atoms with E-state index in [1.54, 1.807) is 6.08 Å². The van der Waals surface area contributed by atoms with Crippen LogP contribution in [0.4, 0.5) is 0 Å². The molecule has 0 amide bonds. The molecule has 1 saturated heterocycles. The van der Waals surface area contributed by atoms with Gasteiger partial charge >= 0.3 is 5.97 Å². The summed E-state index contributed by atoms with van der Waals surface area (Å²) < 4.78 is 22.3. The number of fused-ring (bicyclic) bond motifs is 3. The number of rotatable bonds is 7. The van der Waals surface area contributed by atoms with Crippen molar-refractivity contribution in [1.82, 2.24) is 9.88 Å². The van der Waals surface area contributed by atoms with Crippen molar-refractivity contribution in [2.75, 3.05) is 20.8 Å². The molecule has 2 aromatic rings. The number of aromatic nitrogens is 1. The van der Waals surface area contributed by atoms with Crippen LogP contribution in [0.1, 0.15) is 23.7 Å². The molecule has 210 valence electrons. The van der Waals surface area contributed by atoms with Gasteiger partial charge in [-0.2, -0.15) is 0 Å². The molecule has 3 aliphatic rings. The molecule has 1 unspecified atom stereocenters. The van der Waals surface area contributed by atoms with Gasteiger partial charge in [-0.1, -0.05) is 24.3 Å². The topological polar surface area (TPSA) is 154 Å². The Labute approximate surface area is 225 Å². The monoisotopic (exact) mass is 542 g/mol. The van der Waals surface area contributed by atoms with Crippen LogP contribution in [-0.2, 0) is 23.7 Å². The molecule has 0 radical (unpaired) electrons. The fourth-order valence-corrected chi connectivity index (χ4v) is 5.68. The summed E-state index contributed by atoms with van der Waals surface area (Å²) in [6, 6.07) is 7.89. The van der Waals surface area contributed by atoms with Gasteiger partial charge in [-0.25, -0.2) is 4.79 Å². The Morgan fingerprint density at radius 2 is 1.95 bits per heavy atom. The minimum atomic E-state index is -1.61. The lowest BCUT2D eigenvalue weighted by molar-refractivity contribution is -0.339. The summed E-state index contributed by atoms with van der Waals surface area (Å²) in [5.41, 5.74) is 3.39. The third-order valence-corrected chi connectivity index (χ3v) is 7.87. The quantitative estimate of drug-likeness (QED) is 0.254. The van der Waals surface area contributed by atoms with Gasteiger partial charge in [-0.3, -0.25) is 0 Å². The average Bonchev–Trinajstić information content (AvgIpc) is 3.33. The van der Waals surface area contributed by atoms with Gasteiger partial charge in [0.1, 0.15) is 24.4 Å². The molecule has 0 spiro atoms. The van der Waals surface area contributed by atoms with Crippen molar-refractivity contribution < 1.29 is 44.2 Å². The molecule has 0 saturated carbocycles. The van der Waals surface area contributed by atoms with Crippen molar-refractivity contribution in [2.45, 2.75) is 49.5 Å². The van der Waals surface area contributed by atoms with Crippen LogP contribution in [-0.4, -0.2) is 94.0 Å². The highest BCUT2D eigenvalue weighted by molar-refractivity contribution is 5.91. The number of H-pyrrole nitrogens is 1. The zero-order chi connectivity index (χ0) is 27.8. The van der Waals surface area contributed by atoms with Gasteiger partial charge in [-0.15, -0.1) is 6.58 Å². The van der Waals surface area contributed by atoms with E-state index < -0.39 is 61.4 Å². The molecule has 1 aromatic heterocycles. The van der Waals surface area contributed by atoms with Crippen LogP contribution in [0.25, 0.3) is 17.0 Å². The first-order chi connectivity index (χ1) is 18.8. The third kappa shape index (κ3) is 4.86. The number of hydrogen-bond acceptors (Lipinski definition) is 10. The number of benzene rings is 1. The molecule has 5 N–H and O–H groups in total. The van der Waals surface area contributed by atoms with E-state index in [9.17, 15) is 25.2 Å². The predicted molar refractivity (Wildman–Crippen MR) is 139 cm³/mol. The van der Waals surface area contributed by atoms with E-state index in [0.29, 0.717) is 12.0 Å². The number of carbonyl (C=O) groups excluding carboxylic acids is 1. The number of aromatic amines is 1.